The van der Waals surface area contributed by atoms with E-state index in [2.05, 4.69) is 0 Å². The van der Waals surface area contributed by atoms with E-state index in [9.17, 15) is 4.79 Å². The van der Waals surface area contributed by atoms with E-state index in [1.165, 1.54) is 0 Å². The molecular formula is C15H12O3. The molecule has 2 rings (SSSR count). The Labute approximate surface area is 105 Å². The maximum absolute atomic E-state index is 11.4. The van der Waals surface area contributed by atoms with Crippen molar-refractivity contribution in [3.8, 4) is 11.5 Å². The summed E-state index contributed by atoms with van der Waals surface area (Å²) >= 11 is 0. The van der Waals surface area contributed by atoms with E-state index in [1.54, 1.807) is 24.3 Å². The number of aliphatic hydroxyl groups is 1. The summed E-state index contributed by atoms with van der Waals surface area (Å²) in [5.74, 6) is 1.15. The molecule has 0 aliphatic carbocycles. The number of aliphatic hydroxyl groups excluding tert-OH is 1. The van der Waals surface area contributed by atoms with E-state index in [0.29, 0.717) is 11.3 Å². The zero-order valence-corrected chi connectivity index (χ0v) is 9.61. The van der Waals surface area contributed by atoms with Crippen molar-refractivity contribution in [2.45, 2.75) is 0 Å². The number of hydrogen-bond acceptors (Lipinski definition) is 3. The molecule has 3 heteroatoms. The average molecular weight is 240 g/mol. The Hall–Kier alpha value is -2.55. The van der Waals surface area contributed by atoms with E-state index in [1.807, 2.05) is 30.3 Å². The Morgan fingerprint density at radius 1 is 0.944 bits per heavy atom. The topological polar surface area (TPSA) is 46.5 Å². The summed E-state index contributed by atoms with van der Waals surface area (Å²) in [5.41, 5.74) is 0.501. The predicted octanol–water partition coefficient (Wildman–Crippen LogP) is 3.73. The van der Waals surface area contributed by atoms with Crippen molar-refractivity contribution in [2.75, 3.05) is 0 Å². The molecule has 0 spiro atoms. The standard InChI is InChI=1S/C15H12O3/c16-11-10-15(17)12-6-8-14(9-7-12)18-13-4-2-1-3-5-13/h1-11,16H/b11-10-. The van der Waals surface area contributed by atoms with Crippen molar-refractivity contribution < 1.29 is 14.6 Å². The van der Waals surface area contributed by atoms with Gasteiger partial charge in [-0.2, -0.15) is 0 Å². The van der Waals surface area contributed by atoms with Crippen LogP contribution in [0.3, 0.4) is 0 Å². The van der Waals surface area contributed by atoms with Gasteiger partial charge in [0.2, 0.25) is 0 Å². The fourth-order valence-electron chi connectivity index (χ4n) is 1.48. The molecule has 0 unspecified atom stereocenters. The number of carbonyl (C=O) groups excluding carboxylic acids is 1. The van der Waals surface area contributed by atoms with Gasteiger partial charge in [-0.1, -0.05) is 18.2 Å². The molecule has 0 fully saturated rings. The number of para-hydroxylation sites is 1. The lowest BCUT2D eigenvalue weighted by atomic mass is 10.1. The van der Waals surface area contributed by atoms with Crippen LogP contribution in [0, 0.1) is 0 Å². The molecule has 0 saturated heterocycles. The van der Waals surface area contributed by atoms with Crippen LogP contribution in [0.4, 0.5) is 0 Å². The van der Waals surface area contributed by atoms with E-state index in [-0.39, 0.29) is 5.78 Å². The minimum Gasteiger partial charge on any atom is -0.515 e. The van der Waals surface area contributed by atoms with Crippen LogP contribution in [0.1, 0.15) is 10.4 Å². The molecule has 0 radical (unpaired) electrons. The van der Waals surface area contributed by atoms with Crippen molar-refractivity contribution >= 4 is 5.78 Å². The largest absolute Gasteiger partial charge is 0.515 e. The third-order valence-corrected chi connectivity index (χ3v) is 2.34. The van der Waals surface area contributed by atoms with Crippen molar-refractivity contribution in [3.63, 3.8) is 0 Å². The zero-order chi connectivity index (χ0) is 12.8. The zero-order valence-electron chi connectivity index (χ0n) is 9.61. The van der Waals surface area contributed by atoms with Crippen LogP contribution in [0.5, 0.6) is 11.5 Å². The molecule has 1 N–H and O–H groups in total. The number of ether oxygens (including phenoxy) is 1. The first-order valence-corrected chi connectivity index (χ1v) is 5.47. The highest BCUT2D eigenvalue weighted by Gasteiger charge is 2.02. The number of ketones is 1. The summed E-state index contributed by atoms with van der Waals surface area (Å²) in [7, 11) is 0. The van der Waals surface area contributed by atoms with Crippen LogP contribution in [-0.2, 0) is 0 Å². The second kappa shape index (κ2) is 5.68. The Balaban J connectivity index is 2.11. The van der Waals surface area contributed by atoms with Crippen molar-refractivity contribution in [2.24, 2.45) is 0 Å². The van der Waals surface area contributed by atoms with E-state index >= 15 is 0 Å². The molecule has 0 atom stereocenters. The lowest BCUT2D eigenvalue weighted by molar-refractivity contribution is 0.104. The van der Waals surface area contributed by atoms with E-state index < -0.39 is 0 Å². The second-order valence-corrected chi connectivity index (χ2v) is 3.62. The van der Waals surface area contributed by atoms with Crippen LogP contribution in [0.15, 0.2) is 66.9 Å². The highest BCUT2D eigenvalue weighted by molar-refractivity contribution is 6.04. The lowest BCUT2D eigenvalue weighted by Crippen LogP contribution is -1.93. The number of allylic oxidation sites excluding steroid dienone is 1. The first kappa shape index (κ1) is 11.9. The fraction of sp³-hybridized carbons (Fsp3) is 0. The first-order valence-electron chi connectivity index (χ1n) is 5.47. The van der Waals surface area contributed by atoms with Gasteiger partial charge in [0, 0.05) is 11.6 Å². The smallest absolute Gasteiger partial charge is 0.188 e. The first-order chi connectivity index (χ1) is 8.79. The fourth-order valence-corrected chi connectivity index (χ4v) is 1.48. The molecule has 0 heterocycles. The molecule has 90 valence electrons. The number of carbonyl (C=O) groups is 1. The Morgan fingerprint density at radius 3 is 2.17 bits per heavy atom. The normalized spacial score (nSPS) is 10.4. The Bertz CT molecular complexity index is 542. The monoisotopic (exact) mass is 240 g/mol. The predicted molar refractivity (Wildman–Crippen MR) is 69.1 cm³/mol. The van der Waals surface area contributed by atoms with Gasteiger partial charge in [0.15, 0.2) is 5.78 Å². The summed E-state index contributed by atoms with van der Waals surface area (Å²) in [6.07, 6.45) is 1.84. The molecular weight excluding hydrogens is 228 g/mol. The molecule has 0 aromatic heterocycles. The summed E-state index contributed by atoms with van der Waals surface area (Å²) < 4.78 is 5.59. The molecule has 0 bridgehead atoms. The maximum atomic E-state index is 11.4. The van der Waals surface area contributed by atoms with Gasteiger partial charge in [-0.3, -0.25) is 4.79 Å². The molecule has 2 aromatic carbocycles. The van der Waals surface area contributed by atoms with Crippen molar-refractivity contribution in [3.05, 3.63) is 72.5 Å². The summed E-state index contributed by atoms with van der Waals surface area (Å²) in [4.78, 5) is 11.4. The number of hydrogen-bond donors (Lipinski definition) is 1. The summed E-state index contributed by atoms with van der Waals surface area (Å²) in [5, 5.41) is 8.52. The minimum atomic E-state index is -0.247. The highest BCUT2D eigenvalue weighted by atomic mass is 16.5. The van der Waals surface area contributed by atoms with E-state index in [4.69, 9.17) is 9.84 Å². The number of benzene rings is 2. The van der Waals surface area contributed by atoms with Crippen LogP contribution in [-0.4, -0.2) is 10.9 Å². The second-order valence-electron chi connectivity index (χ2n) is 3.62. The Morgan fingerprint density at radius 2 is 1.56 bits per heavy atom. The minimum absolute atomic E-state index is 0.247. The molecule has 0 amide bonds. The molecule has 2 aromatic rings. The van der Waals surface area contributed by atoms with Gasteiger partial charge in [-0.15, -0.1) is 0 Å². The van der Waals surface area contributed by atoms with Gasteiger partial charge >= 0.3 is 0 Å². The van der Waals surface area contributed by atoms with Gasteiger partial charge in [0.25, 0.3) is 0 Å². The van der Waals surface area contributed by atoms with Crippen LogP contribution < -0.4 is 4.74 Å². The molecule has 0 saturated carbocycles. The van der Waals surface area contributed by atoms with Crippen LogP contribution in [0.2, 0.25) is 0 Å². The quantitative estimate of drug-likeness (QED) is 0.503. The maximum Gasteiger partial charge on any atom is 0.188 e. The number of rotatable bonds is 4. The Kier molecular flexibility index (Phi) is 3.76. The van der Waals surface area contributed by atoms with Crippen molar-refractivity contribution in [1.29, 1.82) is 0 Å². The van der Waals surface area contributed by atoms with Gasteiger partial charge in [-0.25, -0.2) is 0 Å². The summed E-state index contributed by atoms with van der Waals surface area (Å²) in [6.45, 7) is 0. The SMILES string of the molecule is O=C(/C=C\O)c1ccc(Oc2ccccc2)cc1. The van der Waals surface area contributed by atoms with Crippen molar-refractivity contribution in [1.82, 2.24) is 0 Å². The van der Waals surface area contributed by atoms with Gasteiger partial charge in [0.05, 0.1) is 6.26 Å². The third kappa shape index (κ3) is 2.98. The van der Waals surface area contributed by atoms with Gasteiger partial charge in [-0.05, 0) is 36.4 Å². The van der Waals surface area contributed by atoms with E-state index in [0.717, 1.165) is 18.1 Å². The van der Waals surface area contributed by atoms with Gasteiger partial charge in [0.1, 0.15) is 11.5 Å². The molecule has 3 nitrogen and oxygen atoms in total. The average Bonchev–Trinajstić information content (AvgIpc) is 2.41. The van der Waals surface area contributed by atoms with Crippen LogP contribution in [0.25, 0.3) is 0 Å². The lowest BCUT2D eigenvalue weighted by Gasteiger charge is -2.05. The van der Waals surface area contributed by atoms with Gasteiger partial charge < -0.3 is 9.84 Å². The molecule has 0 aliphatic heterocycles. The molecule has 18 heavy (non-hydrogen) atoms. The summed E-state index contributed by atoms with van der Waals surface area (Å²) in [6, 6.07) is 16.1. The van der Waals surface area contributed by atoms with Crippen LogP contribution >= 0.6 is 0 Å². The highest BCUT2D eigenvalue weighted by Crippen LogP contribution is 2.21. The molecule has 0 aliphatic rings. The third-order valence-electron chi connectivity index (χ3n) is 2.34.